The van der Waals surface area contributed by atoms with Crippen LogP contribution in [0.15, 0.2) is 0 Å². The first-order valence-electron chi connectivity index (χ1n) is 4.54. The van der Waals surface area contributed by atoms with Crippen LogP contribution in [-0.2, 0) is 0 Å². The molecule has 1 saturated heterocycles. The molecule has 1 aliphatic carbocycles. The molecule has 64 valence electrons. The number of nitrogens with zero attached hydrogens (tertiary/aromatic N) is 1. The van der Waals surface area contributed by atoms with Gasteiger partial charge in [-0.1, -0.05) is 6.92 Å². The van der Waals surface area contributed by atoms with Crippen LogP contribution < -0.4 is 5.32 Å². The summed E-state index contributed by atoms with van der Waals surface area (Å²) in [6.07, 6.45) is 1.41. The van der Waals surface area contributed by atoms with Crippen LogP contribution in [0.1, 0.15) is 13.3 Å². The zero-order valence-electron chi connectivity index (χ0n) is 7.72. The Kier molecular flexibility index (Phi) is 1.52. The van der Waals surface area contributed by atoms with Gasteiger partial charge < -0.3 is 10.2 Å². The highest BCUT2D eigenvalue weighted by molar-refractivity contribution is 5.14. The molecular formula is C9H18N2. The van der Waals surface area contributed by atoms with E-state index in [0.717, 1.165) is 12.0 Å². The minimum Gasteiger partial charge on any atom is -0.316 e. The van der Waals surface area contributed by atoms with Gasteiger partial charge >= 0.3 is 0 Å². The summed E-state index contributed by atoms with van der Waals surface area (Å²) < 4.78 is 0. The fourth-order valence-corrected chi connectivity index (χ4v) is 2.62. The van der Waals surface area contributed by atoms with Crippen LogP contribution in [0.4, 0.5) is 0 Å². The van der Waals surface area contributed by atoms with E-state index in [1.54, 1.807) is 0 Å². The average Bonchev–Trinajstić information content (AvgIpc) is 2.54. The van der Waals surface area contributed by atoms with Crippen LogP contribution >= 0.6 is 0 Å². The van der Waals surface area contributed by atoms with Gasteiger partial charge in [-0.3, -0.25) is 0 Å². The number of rotatable bonds is 1. The summed E-state index contributed by atoms with van der Waals surface area (Å²) in [4.78, 5) is 2.38. The van der Waals surface area contributed by atoms with Gasteiger partial charge in [-0.2, -0.15) is 0 Å². The standard InChI is InChI=1S/C9H18N2/c1-7-5-10-6-9(7)4-8(9)11(2)3/h7-8,10H,4-6H2,1-3H3/t7-,8?,9?/m0/s1. The number of nitrogens with one attached hydrogen (secondary N) is 1. The monoisotopic (exact) mass is 154 g/mol. The highest BCUT2D eigenvalue weighted by Crippen LogP contribution is 2.55. The Balaban J connectivity index is 2.05. The molecule has 2 nitrogen and oxygen atoms in total. The summed E-state index contributed by atoms with van der Waals surface area (Å²) in [6.45, 7) is 4.85. The van der Waals surface area contributed by atoms with E-state index in [0.29, 0.717) is 5.41 Å². The Bertz CT molecular complexity index is 167. The number of hydrogen-bond donors (Lipinski definition) is 1. The second-order valence-corrected chi connectivity index (χ2v) is 4.45. The van der Waals surface area contributed by atoms with Crippen molar-refractivity contribution in [3.8, 4) is 0 Å². The average molecular weight is 154 g/mol. The summed E-state index contributed by atoms with van der Waals surface area (Å²) >= 11 is 0. The maximum absolute atomic E-state index is 3.48. The van der Waals surface area contributed by atoms with Gasteiger partial charge in [0.05, 0.1) is 0 Å². The molecule has 2 aliphatic rings. The lowest BCUT2D eigenvalue weighted by atomic mass is 9.94. The topological polar surface area (TPSA) is 15.3 Å². The van der Waals surface area contributed by atoms with Crippen LogP contribution in [0, 0.1) is 11.3 Å². The smallest absolute Gasteiger partial charge is 0.0168 e. The quantitative estimate of drug-likeness (QED) is 0.593. The Hall–Kier alpha value is -0.0800. The predicted molar refractivity (Wildman–Crippen MR) is 46.6 cm³/mol. The van der Waals surface area contributed by atoms with Gasteiger partial charge in [-0.25, -0.2) is 0 Å². The van der Waals surface area contributed by atoms with Gasteiger partial charge in [-0.15, -0.1) is 0 Å². The van der Waals surface area contributed by atoms with Gasteiger partial charge in [0, 0.05) is 18.0 Å². The molecule has 1 aliphatic heterocycles. The van der Waals surface area contributed by atoms with E-state index in [1.807, 2.05) is 0 Å². The Labute approximate surface area is 69.0 Å². The lowest BCUT2D eigenvalue weighted by Crippen LogP contribution is -2.25. The fourth-order valence-electron chi connectivity index (χ4n) is 2.62. The van der Waals surface area contributed by atoms with Crippen LogP contribution in [0.5, 0.6) is 0 Å². The Morgan fingerprint density at radius 1 is 1.45 bits per heavy atom. The maximum atomic E-state index is 3.48. The summed E-state index contributed by atoms with van der Waals surface area (Å²) in [7, 11) is 4.40. The molecule has 0 bridgehead atoms. The first-order valence-corrected chi connectivity index (χ1v) is 4.54. The Morgan fingerprint density at radius 2 is 2.18 bits per heavy atom. The van der Waals surface area contributed by atoms with E-state index in [1.165, 1.54) is 19.5 Å². The number of hydrogen-bond acceptors (Lipinski definition) is 2. The molecule has 2 rings (SSSR count). The van der Waals surface area contributed by atoms with Gasteiger partial charge in [0.1, 0.15) is 0 Å². The van der Waals surface area contributed by atoms with Crippen LogP contribution in [0.25, 0.3) is 0 Å². The summed E-state index contributed by atoms with van der Waals surface area (Å²) in [5.74, 6) is 0.884. The van der Waals surface area contributed by atoms with Gasteiger partial charge in [0.15, 0.2) is 0 Å². The van der Waals surface area contributed by atoms with Gasteiger partial charge in [0.25, 0.3) is 0 Å². The van der Waals surface area contributed by atoms with E-state index in [4.69, 9.17) is 0 Å². The lowest BCUT2D eigenvalue weighted by Gasteiger charge is -2.17. The molecule has 0 amide bonds. The molecule has 2 unspecified atom stereocenters. The molecule has 0 aromatic heterocycles. The largest absolute Gasteiger partial charge is 0.316 e. The van der Waals surface area contributed by atoms with Crippen molar-refractivity contribution in [2.75, 3.05) is 27.2 Å². The first kappa shape index (κ1) is 7.56. The van der Waals surface area contributed by atoms with E-state index in [2.05, 4.69) is 31.2 Å². The third-order valence-electron chi connectivity index (χ3n) is 3.59. The second kappa shape index (κ2) is 2.20. The molecule has 2 heteroatoms. The summed E-state index contributed by atoms with van der Waals surface area (Å²) in [5.41, 5.74) is 0.656. The summed E-state index contributed by atoms with van der Waals surface area (Å²) in [5, 5.41) is 3.48. The van der Waals surface area contributed by atoms with Crippen molar-refractivity contribution in [1.82, 2.24) is 10.2 Å². The van der Waals surface area contributed by atoms with Crippen molar-refractivity contribution >= 4 is 0 Å². The molecule has 1 spiro atoms. The highest BCUT2D eigenvalue weighted by atomic mass is 15.2. The summed E-state index contributed by atoms with van der Waals surface area (Å²) in [6, 6.07) is 0.854. The molecule has 1 N–H and O–H groups in total. The molecular weight excluding hydrogens is 136 g/mol. The molecule has 0 aromatic rings. The van der Waals surface area contributed by atoms with E-state index in [9.17, 15) is 0 Å². The normalized spacial score (nSPS) is 49.1. The second-order valence-electron chi connectivity index (χ2n) is 4.45. The fraction of sp³-hybridized carbons (Fsp3) is 1.00. The van der Waals surface area contributed by atoms with E-state index < -0.39 is 0 Å². The minimum absolute atomic E-state index is 0.656. The third kappa shape index (κ3) is 0.926. The molecule has 11 heavy (non-hydrogen) atoms. The van der Waals surface area contributed by atoms with Crippen molar-refractivity contribution in [2.45, 2.75) is 19.4 Å². The predicted octanol–water partition coefficient (Wildman–Crippen LogP) is 0.546. The van der Waals surface area contributed by atoms with E-state index >= 15 is 0 Å². The SMILES string of the molecule is C[C@H]1CNCC12CC2N(C)C. The molecule has 3 atom stereocenters. The van der Waals surface area contributed by atoms with Gasteiger partial charge in [-0.05, 0) is 33.0 Å². The van der Waals surface area contributed by atoms with Crippen LogP contribution in [0.3, 0.4) is 0 Å². The first-order chi connectivity index (χ1) is 5.17. The van der Waals surface area contributed by atoms with Crippen molar-refractivity contribution < 1.29 is 0 Å². The highest BCUT2D eigenvalue weighted by Gasteiger charge is 2.60. The molecule has 0 radical (unpaired) electrons. The molecule has 0 aromatic carbocycles. The maximum Gasteiger partial charge on any atom is 0.0168 e. The van der Waals surface area contributed by atoms with Gasteiger partial charge in [0.2, 0.25) is 0 Å². The Morgan fingerprint density at radius 3 is 2.55 bits per heavy atom. The minimum atomic E-state index is 0.656. The van der Waals surface area contributed by atoms with E-state index in [-0.39, 0.29) is 0 Å². The third-order valence-corrected chi connectivity index (χ3v) is 3.59. The van der Waals surface area contributed by atoms with Crippen molar-refractivity contribution in [1.29, 1.82) is 0 Å². The molecule has 1 heterocycles. The molecule has 2 fully saturated rings. The zero-order chi connectivity index (χ0) is 8.06. The van der Waals surface area contributed by atoms with Crippen molar-refractivity contribution in [3.05, 3.63) is 0 Å². The van der Waals surface area contributed by atoms with Crippen molar-refractivity contribution in [3.63, 3.8) is 0 Å². The molecule has 1 saturated carbocycles. The lowest BCUT2D eigenvalue weighted by molar-refractivity contribution is 0.296. The van der Waals surface area contributed by atoms with Crippen LogP contribution in [0.2, 0.25) is 0 Å². The zero-order valence-corrected chi connectivity index (χ0v) is 7.72. The van der Waals surface area contributed by atoms with Crippen LogP contribution in [-0.4, -0.2) is 38.1 Å². The van der Waals surface area contributed by atoms with Crippen molar-refractivity contribution in [2.24, 2.45) is 11.3 Å².